The van der Waals surface area contributed by atoms with Gasteiger partial charge in [-0.05, 0) is 19.1 Å². The zero-order valence-electron chi connectivity index (χ0n) is 7.77. The van der Waals surface area contributed by atoms with Gasteiger partial charge in [0.05, 0.1) is 12.1 Å². The van der Waals surface area contributed by atoms with E-state index in [1.807, 2.05) is 35.7 Å². The van der Waals surface area contributed by atoms with Crippen molar-refractivity contribution in [3.8, 4) is 0 Å². The van der Waals surface area contributed by atoms with Crippen LogP contribution in [0.2, 0.25) is 0 Å². The van der Waals surface area contributed by atoms with E-state index in [1.54, 1.807) is 0 Å². The van der Waals surface area contributed by atoms with Crippen LogP contribution in [0.25, 0.3) is 5.65 Å². The first-order valence-corrected chi connectivity index (χ1v) is 4.33. The summed E-state index contributed by atoms with van der Waals surface area (Å²) >= 11 is 0. The molecule has 0 saturated heterocycles. The third-order valence-corrected chi connectivity index (χ3v) is 2.19. The van der Waals surface area contributed by atoms with Gasteiger partial charge in [0.1, 0.15) is 5.65 Å². The lowest BCUT2D eigenvalue weighted by atomic mass is 10.2. The van der Waals surface area contributed by atoms with Gasteiger partial charge in [-0.25, -0.2) is 4.98 Å². The number of imidazole rings is 1. The van der Waals surface area contributed by atoms with E-state index >= 15 is 0 Å². The molecule has 0 fully saturated rings. The van der Waals surface area contributed by atoms with Crippen LogP contribution in [0, 0.1) is 6.92 Å². The predicted molar refractivity (Wildman–Crippen MR) is 51.3 cm³/mol. The second-order valence-corrected chi connectivity index (χ2v) is 3.14. The maximum Gasteiger partial charge on any atom is 0.309 e. The Kier molecular flexibility index (Phi) is 1.96. The number of carboxylic acids is 1. The SMILES string of the molecule is Cc1c(CC(=O)O)nc2ccccn12. The molecule has 1 N–H and O–H groups in total. The number of pyridine rings is 1. The van der Waals surface area contributed by atoms with Gasteiger partial charge in [-0.15, -0.1) is 0 Å². The Morgan fingerprint density at radius 1 is 1.57 bits per heavy atom. The number of aryl methyl sites for hydroxylation is 1. The lowest BCUT2D eigenvalue weighted by Crippen LogP contribution is -2.02. The zero-order chi connectivity index (χ0) is 10.1. The summed E-state index contributed by atoms with van der Waals surface area (Å²) in [5, 5.41) is 8.67. The fraction of sp³-hybridized carbons (Fsp3) is 0.200. The van der Waals surface area contributed by atoms with Crippen molar-refractivity contribution in [1.82, 2.24) is 9.38 Å². The molecular formula is C10H10N2O2. The van der Waals surface area contributed by atoms with Gasteiger partial charge in [-0.2, -0.15) is 0 Å². The molecule has 14 heavy (non-hydrogen) atoms. The summed E-state index contributed by atoms with van der Waals surface area (Å²) in [6.07, 6.45) is 1.86. The molecule has 0 aromatic carbocycles. The standard InChI is InChI=1S/C10H10N2O2/c1-7-8(6-10(13)14)11-9-4-2-3-5-12(7)9/h2-5H,6H2,1H3,(H,13,14). The van der Waals surface area contributed by atoms with Gasteiger partial charge in [0.2, 0.25) is 0 Å². The van der Waals surface area contributed by atoms with Gasteiger partial charge in [0.25, 0.3) is 0 Å². The van der Waals surface area contributed by atoms with Crippen molar-refractivity contribution in [1.29, 1.82) is 0 Å². The minimum Gasteiger partial charge on any atom is -0.481 e. The maximum absolute atomic E-state index is 10.5. The number of carboxylic acid groups (broad SMARTS) is 1. The summed E-state index contributed by atoms with van der Waals surface area (Å²) in [6, 6.07) is 5.64. The molecule has 0 atom stereocenters. The molecule has 2 aromatic heterocycles. The highest BCUT2D eigenvalue weighted by Crippen LogP contribution is 2.11. The molecule has 0 amide bonds. The Morgan fingerprint density at radius 2 is 2.36 bits per heavy atom. The summed E-state index contributed by atoms with van der Waals surface area (Å²) in [5.41, 5.74) is 2.31. The molecule has 2 heterocycles. The number of aromatic nitrogens is 2. The van der Waals surface area contributed by atoms with Crippen LogP contribution in [0.5, 0.6) is 0 Å². The Hall–Kier alpha value is -1.84. The molecular weight excluding hydrogens is 180 g/mol. The van der Waals surface area contributed by atoms with Gasteiger partial charge in [0, 0.05) is 11.9 Å². The largest absolute Gasteiger partial charge is 0.481 e. The fourth-order valence-corrected chi connectivity index (χ4v) is 1.48. The van der Waals surface area contributed by atoms with Crippen LogP contribution in [0.3, 0.4) is 0 Å². The van der Waals surface area contributed by atoms with E-state index in [2.05, 4.69) is 4.98 Å². The topological polar surface area (TPSA) is 54.6 Å². The normalized spacial score (nSPS) is 10.6. The predicted octanol–water partition coefficient (Wildman–Crippen LogP) is 1.27. The molecule has 72 valence electrons. The van der Waals surface area contributed by atoms with E-state index in [-0.39, 0.29) is 6.42 Å². The first kappa shape index (κ1) is 8.74. The van der Waals surface area contributed by atoms with Crippen molar-refractivity contribution in [3.05, 3.63) is 35.8 Å². The lowest BCUT2D eigenvalue weighted by molar-refractivity contribution is -0.136. The van der Waals surface area contributed by atoms with Crippen LogP contribution in [0.15, 0.2) is 24.4 Å². The summed E-state index contributed by atoms with van der Waals surface area (Å²) in [7, 11) is 0. The third kappa shape index (κ3) is 1.35. The number of fused-ring (bicyclic) bond motifs is 1. The molecule has 0 aliphatic rings. The number of hydrogen-bond acceptors (Lipinski definition) is 2. The molecule has 0 spiro atoms. The quantitative estimate of drug-likeness (QED) is 0.775. The summed E-state index contributed by atoms with van der Waals surface area (Å²) in [5.74, 6) is -0.850. The molecule has 0 unspecified atom stereocenters. The van der Waals surface area contributed by atoms with Crippen molar-refractivity contribution in [2.45, 2.75) is 13.3 Å². The minimum absolute atomic E-state index is 0.0203. The molecule has 0 bridgehead atoms. The first-order valence-electron chi connectivity index (χ1n) is 4.33. The van der Waals surface area contributed by atoms with Crippen LogP contribution in [-0.4, -0.2) is 20.5 Å². The second-order valence-electron chi connectivity index (χ2n) is 3.14. The Bertz CT molecular complexity index is 488. The number of rotatable bonds is 2. The Balaban J connectivity index is 2.57. The zero-order valence-corrected chi connectivity index (χ0v) is 7.77. The number of carbonyl (C=O) groups is 1. The number of hydrogen-bond donors (Lipinski definition) is 1. The van der Waals surface area contributed by atoms with Gasteiger partial charge in [-0.3, -0.25) is 4.79 Å². The smallest absolute Gasteiger partial charge is 0.309 e. The van der Waals surface area contributed by atoms with E-state index in [9.17, 15) is 4.79 Å². The van der Waals surface area contributed by atoms with E-state index in [1.165, 1.54) is 0 Å². The van der Waals surface area contributed by atoms with E-state index in [4.69, 9.17) is 5.11 Å². The molecule has 4 nitrogen and oxygen atoms in total. The van der Waals surface area contributed by atoms with Crippen molar-refractivity contribution in [2.75, 3.05) is 0 Å². The van der Waals surface area contributed by atoms with Gasteiger partial charge in [0.15, 0.2) is 0 Å². The highest BCUT2D eigenvalue weighted by Gasteiger charge is 2.10. The van der Waals surface area contributed by atoms with Crippen molar-refractivity contribution in [2.24, 2.45) is 0 Å². The Labute approximate surface area is 80.8 Å². The van der Waals surface area contributed by atoms with E-state index in [0.717, 1.165) is 11.3 Å². The molecule has 0 aliphatic heterocycles. The van der Waals surface area contributed by atoms with Crippen molar-refractivity contribution in [3.63, 3.8) is 0 Å². The van der Waals surface area contributed by atoms with Crippen LogP contribution in [0.4, 0.5) is 0 Å². The number of aliphatic carboxylic acids is 1. The third-order valence-electron chi connectivity index (χ3n) is 2.19. The van der Waals surface area contributed by atoms with Crippen molar-refractivity contribution < 1.29 is 9.90 Å². The molecule has 4 heteroatoms. The van der Waals surface area contributed by atoms with Crippen LogP contribution in [0.1, 0.15) is 11.4 Å². The van der Waals surface area contributed by atoms with E-state index in [0.29, 0.717) is 5.69 Å². The van der Waals surface area contributed by atoms with E-state index < -0.39 is 5.97 Å². The fourth-order valence-electron chi connectivity index (χ4n) is 1.48. The highest BCUT2D eigenvalue weighted by molar-refractivity contribution is 5.70. The van der Waals surface area contributed by atoms with Crippen LogP contribution < -0.4 is 0 Å². The van der Waals surface area contributed by atoms with Gasteiger partial charge in [-0.1, -0.05) is 6.07 Å². The average molecular weight is 190 g/mol. The van der Waals surface area contributed by atoms with Crippen molar-refractivity contribution >= 4 is 11.6 Å². The maximum atomic E-state index is 10.5. The molecule has 0 aliphatic carbocycles. The summed E-state index contributed by atoms with van der Waals surface area (Å²) < 4.78 is 1.89. The second kappa shape index (κ2) is 3.14. The highest BCUT2D eigenvalue weighted by atomic mass is 16.4. The summed E-state index contributed by atoms with van der Waals surface area (Å²) in [4.78, 5) is 14.8. The lowest BCUT2D eigenvalue weighted by Gasteiger charge is -1.94. The number of nitrogens with zero attached hydrogens (tertiary/aromatic N) is 2. The molecule has 0 saturated carbocycles. The first-order chi connectivity index (χ1) is 6.68. The monoisotopic (exact) mass is 190 g/mol. The Morgan fingerprint density at radius 3 is 3.00 bits per heavy atom. The molecule has 2 aromatic rings. The minimum atomic E-state index is -0.850. The summed E-state index contributed by atoms with van der Waals surface area (Å²) in [6.45, 7) is 1.87. The van der Waals surface area contributed by atoms with Gasteiger partial charge >= 0.3 is 5.97 Å². The molecule has 0 radical (unpaired) electrons. The average Bonchev–Trinajstić information content (AvgIpc) is 2.44. The van der Waals surface area contributed by atoms with Crippen LogP contribution in [-0.2, 0) is 11.2 Å². The van der Waals surface area contributed by atoms with Crippen LogP contribution >= 0.6 is 0 Å². The molecule has 2 rings (SSSR count). The van der Waals surface area contributed by atoms with Gasteiger partial charge < -0.3 is 9.51 Å².